The quantitative estimate of drug-likeness (QED) is 0.301. The number of aliphatic hydroxyl groups excluding tert-OH is 1. The van der Waals surface area contributed by atoms with Gasteiger partial charge in [-0.1, -0.05) is 64.0 Å². The zero-order valence-corrected chi connectivity index (χ0v) is 10.2. The predicted octanol–water partition coefficient (Wildman–Crippen LogP) is 5.13. The van der Waals surface area contributed by atoms with Gasteiger partial charge in [-0.25, -0.2) is 0 Å². The first kappa shape index (κ1) is 14.3. The van der Waals surface area contributed by atoms with E-state index in [9.17, 15) is 0 Å². The van der Waals surface area contributed by atoms with Gasteiger partial charge in [0.25, 0.3) is 0 Å². The fourth-order valence-corrected chi connectivity index (χ4v) is 1.69. The van der Waals surface area contributed by atoms with Gasteiger partial charge >= 0.3 is 0 Å². The van der Waals surface area contributed by atoms with Gasteiger partial charge in [0.05, 0.1) is 0 Å². The lowest BCUT2D eigenvalue weighted by Crippen LogP contribution is -1.80. The van der Waals surface area contributed by atoms with E-state index >= 15 is 0 Å². The SMILES string of the molecule is CCCCCCCCCCCC=C=CO. The molecule has 15 heavy (non-hydrogen) atoms. The van der Waals surface area contributed by atoms with Crippen molar-refractivity contribution in [2.45, 2.75) is 71.1 Å². The van der Waals surface area contributed by atoms with Gasteiger partial charge in [-0.15, -0.1) is 0 Å². The standard InChI is InChI=1S/C14H26O/c1-2-3-4-5-6-7-8-9-10-11-12-13-14-15/h12,14-15H,2-11H2,1H3. The minimum atomic E-state index is 0.980. The summed E-state index contributed by atoms with van der Waals surface area (Å²) in [5.74, 6) is 0. The number of hydrogen-bond donors (Lipinski definition) is 1. The van der Waals surface area contributed by atoms with E-state index in [1.165, 1.54) is 57.8 Å². The summed E-state index contributed by atoms with van der Waals surface area (Å²) in [4.78, 5) is 0. The van der Waals surface area contributed by atoms with Crippen LogP contribution in [0.25, 0.3) is 0 Å². The van der Waals surface area contributed by atoms with Gasteiger partial charge in [-0.2, -0.15) is 0 Å². The lowest BCUT2D eigenvalue weighted by molar-refractivity contribution is 0.474. The van der Waals surface area contributed by atoms with Crippen LogP contribution >= 0.6 is 0 Å². The maximum absolute atomic E-state index is 8.34. The highest BCUT2D eigenvalue weighted by Crippen LogP contribution is 2.10. The highest BCUT2D eigenvalue weighted by atomic mass is 16.2. The van der Waals surface area contributed by atoms with Gasteiger partial charge in [0.15, 0.2) is 0 Å². The molecular weight excluding hydrogens is 184 g/mol. The minimum absolute atomic E-state index is 0.980. The van der Waals surface area contributed by atoms with E-state index in [0.717, 1.165) is 12.7 Å². The van der Waals surface area contributed by atoms with E-state index in [1.807, 2.05) is 6.08 Å². The van der Waals surface area contributed by atoms with Crippen molar-refractivity contribution in [2.75, 3.05) is 0 Å². The second-order valence-corrected chi connectivity index (χ2v) is 4.12. The molecule has 0 fully saturated rings. The van der Waals surface area contributed by atoms with Crippen molar-refractivity contribution in [1.29, 1.82) is 0 Å². The monoisotopic (exact) mass is 210 g/mol. The lowest BCUT2D eigenvalue weighted by Gasteiger charge is -2.00. The summed E-state index contributed by atoms with van der Waals surface area (Å²) in [5.41, 5.74) is 2.68. The van der Waals surface area contributed by atoms with Crippen molar-refractivity contribution in [1.82, 2.24) is 0 Å². The molecule has 0 rings (SSSR count). The van der Waals surface area contributed by atoms with Crippen LogP contribution in [0.4, 0.5) is 0 Å². The maximum Gasteiger partial charge on any atom is 0.121 e. The third-order valence-electron chi connectivity index (χ3n) is 2.64. The molecular formula is C14H26O. The summed E-state index contributed by atoms with van der Waals surface area (Å²) in [6, 6.07) is 0. The Kier molecular flexibility index (Phi) is 12.7. The van der Waals surface area contributed by atoms with Crippen molar-refractivity contribution >= 4 is 0 Å². The van der Waals surface area contributed by atoms with Crippen LogP contribution in [-0.4, -0.2) is 5.11 Å². The average molecular weight is 210 g/mol. The average Bonchev–Trinajstić information content (AvgIpc) is 2.26. The zero-order chi connectivity index (χ0) is 11.2. The molecule has 0 spiro atoms. The van der Waals surface area contributed by atoms with Crippen LogP contribution in [0.1, 0.15) is 71.1 Å². The molecule has 1 N–H and O–H groups in total. The molecule has 0 saturated carbocycles. The van der Waals surface area contributed by atoms with Crippen LogP contribution in [0.5, 0.6) is 0 Å². The van der Waals surface area contributed by atoms with E-state index in [1.54, 1.807) is 0 Å². The lowest BCUT2D eigenvalue weighted by atomic mass is 10.1. The largest absolute Gasteiger partial charge is 0.507 e. The van der Waals surface area contributed by atoms with Gasteiger partial charge in [0, 0.05) is 0 Å². The van der Waals surface area contributed by atoms with Crippen LogP contribution in [0.15, 0.2) is 18.1 Å². The zero-order valence-electron chi connectivity index (χ0n) is 10.2. The summed E-state index contributed by atoms with van der Waals surface area (Å²) in [6.07, 6.45) is 16.2. The van der Waals surface area contributed by atoms with Crippen molar-refractivity contribution in [3.05, 3.63) is 18.1 Å². The highest BCUT2D eigenvalue weighted by molar-refractivity contribution is 4.77. The normalized spacial score (nSPS) is 9.67. The van der Waals surface area contributed by atoms with E-state index in [-0.39, 0.29) is 0 Å². The second-order valence-electron chi connectivity index (χ2n) is 4.12. The first-order valence-corrected chi connectivity index (χ1v) is 6.45. The van der Waals surface area contributed by atoms with Crippen LogP contribution in [0.3, 0.4) is 0 Å². The number of allylic oxidation sites excluding steroid dienone is 1. The van der Waals surface area contributed by atoms with Gasteiger partial charge in [-0.3, -0.25) is 0 Å². The Labute approximate surface area is 94.9 Å². The van der Waals surface area contributed by atoms with Crippen molar-refractivity contribution in [3.8, 4) is 0 Å². The van der Waals surface area contributed by atoms with E-state index in [2.05, 4.69) is 12.7 Å². The van der Waals surface area contributed by atoms with Crippen LogP contribution in [-0.2, 0) is 0 Å². The number of hydrogen-bond acceptors (Lipinski definition) is 1. The Bertz CT molecular complexity index is 166. The molecule has 88 valence electrons. The molecule has 0 amide bonds. The Morgan fingerprint density at radius 3 is 1.93 bits per heavy atom. The summed E-state index contributed by atoms with van der Waals surface area (Å²) in [7, 11) is 0. The molecule has 1 nitrogen and oxygen atoms in total. The fourth-order valence-electron chi connectivity index (χ4n) is 1.69. The van der Waals surface area contributed by atoms with Gasteiger partial charge < -0.3 is 5.11 Å². The molecule has 0 saturated heterocycles. The predicted molar refractivity (Wildman–Crippen MR) is 67.1 cm³/mol. The third kappa shape index (κ3) is 13.3. The summed E-state index contributed by atoms with van der Waals surface area (Å²) in [5, 5.41) is 8.34. The van der Waals surface area contributed by atoms with Crippen LogP contribution in [0, 0.1) is 0 Å². The smallest absolute Gasteiger partial charge is 0.121 e. The first-order chi connectivity index (χ1) is 7.41. The molecule has 0 aromatic heterocycles. The molecule has 0 bridgehead atoms. The van der Waals surface area contributed by atoms with E-state index < -0.39 is 0 Å². The Balaban J connectivity index is 2.95. The molecule has 0 aliphatic carbocycles. The second kappa shape index (κ2) is 13.3. The third-order valence-corrected chi connectivity index (χ3v) is 2.64. The van der Waals surface area contributed by atoms with Gasteiger partial charge in [-0.05, 0) is 18.9 Å². The fraction of sp³-hybridized carbons (Fsp3) is 0.786. The molecule has 0 aliphatic heterocycles. The molecule has 0 atom stereocenters. The van der Waals surface area contributed by atoms with Gasteiger partial charge in [0.2, 0.25) is 0 Å². The minimum Gasteiger partial charge on any atom is -0.507 e. The van der Waals surface area contributed by atoms with E-state index in [0.29, 0.717) is 0 Å². The summed E-state index contributed by atoms with van der Waals surface area (Å²) in [6.45, 7) is 2.26. The van der Waals surface area contributed by atoms with Crippen molar-refractivity contribution < 1.29 is 5.11 Å². The Morgan fingerprint density at radius 2 is 1.40 bits per heavy atom. The molecule has 0 heterocycles. The number of unbranched alkanes of at least 4 members (excludes halogenated alkanes) is 9. The summed E-state index contributed by atoms with van der Waals surface area (Å²) < 4.78 is 0. The number of rotatable bonds is 10. The van der Waals surface area contributed by atoms with Crippen LogP contribution < -0.4 is 0 Å². The number of aliphatic hydroxyl groups is 1. The molecule has 0 radical (unpaired) electrons. The Hall–Kier alpha value is -0.680. The maximum atomic E-state index is 8.34. The molecule has 1 heteroatoms. The van der Waals surface area contributed by atoms with Crippen molar-refractivity contribution in [3.63, 3.8) is 0 Å². The first-order valence-electron chi connectivity index (χ1n) is 6.45. The molecule has 0 unspecified atom stereocenters. The van der Waals surface area contributed by atoms with E-state index in [4.69, 9.17) is 5.11 Å². The summed E-state index contributed by atoms with van der Waals surface area (Å²) >= 11 is 0. The topological polar surface area (TPSA) is 20.2 Å². The van der Waals surface area contributed by atoms with Crippen molar-refractivity contribution in [2.24, 2.45) is 0 Å². The molecule has 0 aromatic rings. The molecule has 0 aromatic carbocycles. The molecule has 0 aliphatic rings. The Morgan fingerprint density at radius 1 is 0.867 bits per heavy atom. The van der Waals surface area contributed by atoms with Crippen LogP contribution in [0.2, 0.25) is 0 Å². The highest BCUT2D eigenvalue weighted by Gasteiger charge is 1.90. The van der Waals surface area contributed by atoms with Gasteiger partial charge in [0.1, 0.15) is 6.26 Å².